The van der Waals surface area contributed by atoms with Gasteiger partial charge in [-0.15, -0.1) is 12.4 Å². The Hall–Kier alpha value is -2.53. The predicted octanol–water partition coefficient (Wildman–Crippen LogP) is 3.03. The van der Waals surface area contributed by atoms with Gasteiger partial charge in [0.05, 0.1) is 0 Å². The molecule has 0 spiro atoms. The SMILES string of the molecule is Cc1ccccc1C(=O)NC1CCN(C(=O)c2ccc(N)cc2)CC1.Cl. The fraction of sp³-hybridized carbons (Fsp3) is 0.300. The minimum Gasteiger partial charge on any atom is -0.399 e. The van der Waals surface area contributed by atoms with E-state index in [4.69, 9.17) is 5.73 Å². The van der Waals surface area contributed by atoms with Crippen molar-refractivity contribution >= 4 is 29.9 Å². The van der Waals surface area contributed by atoms with E-state index in [1.165, 1.54) is 0 Å². The summed E-state index contributed by atoms with van der Waals surface area (Å²) in [7, 11) is 0. The first-order valence-corrected chi connectivity index (χ1v) is 8.56. The highest BCUT2D eigenvalue weighted by Gasteiger charge is 2.25. The van der Waals surface area contributed by atoms with Gasteiger partial charge in [0, 0.05) is 35.9 Å². The van der Waals surface area contributed by atoms with E-state index in [1.807, 2.05) is 36.1 Å². The van der Waals surface area contributed by atoms with Gasteiger partial charge in [-0.3, -0.25) is 9.59 Å². The number of hydrogen-bond donors (Lipinski definition) is 2. The second kappa shape index (κ2) is 8.72. The molecule has 1 saturated heterocycles. The molecule has 138 valence electrons. The van der Waals surface area contributed by atoms with Crippen molar-refractivity contribution in [2.75, 3.05) is 18.8 Å². The van der Waals surface area contributed by atoms with Crippen LogP contribution in [-0.4, -0.2) is 35.8 Å². The molecule has 1 heterocycles. The van der Waals surface area contributed by atoms with E-state index in [9.17, 15) is 9.59 Å². The molecule has 2 amide bonds. The molecule has 26 heavy (non-hydrogen) atoms. The smallest absolute Gasteiger partial charge is 0.253 e. The van der Waals surface area contributed by atoms with Crippen molar-refractivity contribution in [1.29, 1.82) is 0 Å². The molecule has 0 atom stereocenters. The van der Waals surface area contributed by atoms with E-state index >= 15 is 0 Å². The molecule has 3 rings (SSSR count). The van der Waals surface area contributed by atoms with Gasteiger partial charge in [0.2, 0.25) is 0 Å². The molecular weight excluding hydrogens is 350 g/mol. The predicted molar refractivity (Wildman–Crippen MR) is 106 cm³/mol. The molecule has 1 fully saturated rings. The van der Waals surface area contributed by atoms with Crippen molar-refractivity contribution in [3.8, 4) is 0 Å². The van der Waals surface area contributed by atoms with Gasteiger partial charge in [0.25, 0.3) is 11.8 Å². The number of nitrogen functional groups attached to an aromatic ring is 1. The number of amides is 2. The summed E-state index contributed by atoms with van der Waals surface area (Å²) in [6.45, 7) is 3.21. The maximum absolute atomic E-state index is 12.5. The first kappa shape index (κ1) is 19.8. The number of aryl methyl sites for hydroxylation is 1. The highest BCUT2D eigenvalue weighted by atomic mass is 35.5. The first-order chi connectivity index (χ1) is 12.0. The topological polar surface area (TPSA) is 75.4 Å². The van der Waals surface area contributed by atoms with Crippen molar-refractivity contribution in [3.05, 3.63) is 65.2 Å². The van der Waals surface area contributed by atoms with Crippen LogP contribution in [0.3, 0.4) is 0 Å². The summed E-state index contributed by atoms with van der Waals surface area (Å²) in [4.78, 5) is 26.7. The van der Waals surface area contributed by atoms with Crippen LogP contribution < -0.4 is 11.1 Å². The Morgan fingerprint density at radius 3 is 2.27 bits per heavy atom. The molecule has 6 heteroatoms. The summed E-state index contributed by atoms with van der Waals surface area (Å²) < 4.78 is 0. The molecule has 0 bridgehead atoms. The minimum absolute atomic E-state index is 0. The summed E-state index contributed by atoms with van der Waals surface area (Å²) in [6, 6.07) is 14.6. The van der Waals surface area contributed by atoms with Crippen LogP contribution in [0.15, 0.2) is 48.5 Å². The lowest BCUT2D eigenvalue weighted by Gasteiger charge is -2.32. The summed E-state index contributed by atoms with van der Waals surface area (Å²) in [5.74, 6) is -0.0231. The Balaban J connectivity index is 0.00000243. The zero-order valence-corrected chi connectivity index (χ0v) is 15.6. The van der Waals surface area contributed by atoms with Crippen molar-refractivity contribution in [2.45, 2.75) is 25.8 Å². The van der Waals surface area contributed by atoms with E-state index in [-0.39, 0.29) is 30.3 Å². The van der Waals surface area contributed by atoms with Gasteiger partial charge in [-0.25, -0.2) is 0 Å². The van der Waals surface area contributed by atoms with E-state index in [2.05, 4.69) is 5.32 Å². The number of rotatable bonds is 3. The van der Waals surface area contributed by atoms with Crippen LogP contribution in [0.5, 0.6) is 0 Å². The van der Waals surface area contributed by atoms with Gasteiger partial charge >= 0.3 is 0 Å². The molecule has 1 aliphatic rings. The Bertz CT molecular complexity index is 769. The van der Waals surface area contributed by atoms with Crippen LogP contribution in [-0.2, 0) is 0 Å². The molecule has 0 aliphatic carbocycles. The zero-order chi connectivity index (χ0) is 17.8. The number of hydrogen-bond acceptors (Lipinski definition) is 3. The maximum Gasteiger partial charge on any atom is 0.253 e. The average molecular weight is 374 g/mol. The normalized spacial score (nSPS) is 14.4. The molecule has 2 aromatic carbocycles. The summed E-state index contributed by atoms with van der Waals surface area (Å²) in [5, 5.41) is 3.09. The van der Waals surface area contributed by atoms with E-state index in [1.54, 1.807) is 24.3 Å². The maximum atomic E-state index is 12.5. The van der Waals surface area contributed by atoms with Crippen molar-refractivity contribution in [3.63, 3.8) is 0 Å². The summed E-state index contributed by atoms with van der Waals surface area (Å²) in [6.07, 6.45) is 1.52. The van der Waals surface area contributed by atoms with Crippen LogP contribution >= 0.6 is 12.4 Å². The molecule has 2 aromatic rings. The molecule has 1 aliphatic heterocycles. The van der Waals surface area contributed by atoms with Crippen molar-refractivity contribution < 1.29 is 9.59 Å². The number of anilines is 1. The van der Waals surface area contributed by atoms with Gasteiger partial charge in [0.1, 0.15) is 0 Å². The van der Waals surface area contributed by atoms with Gasteiger partial charge in [-0.2, -0.15) is 0 Å². The Morgan fingerprint density at radius 2 is 1.65 bits per heavy atom. The Kier molecular flexibility index (Phi) is 6.64. The lowest BCUT2D eigenvalue weighted by molar-refractivity contribution is 0.0698. The van der Waals surface area contributed by atoms with Crippen molar-refractivity contribution in [2.24, 2.45) is 0 Å². The van der Waals surface area contributed by atoms with E-state index < -0.39 is 0 Å². The van der Waals surface area contributed by atoms with Gasteiger partial charge < -0.3 is 16.0 Å². The van der Waals surface area contributed by atoms with Crippen LogP contribution in [0.25, 0.3) is 0 Å². The third-order valence-electron chi connectivity index (χ3n) is 4.66. The van der Waals surface area contributed by atoms with Gasteiger partial charge in [-0.05, 0) is 55.7 Å². The summed E-state index contributed by atoms with van der Waals surface area (Å²) >= 11 is 0. The molecule has 0 saturated carbocycles. The van der Waals surface area contributed by atoms with Crippen LogP contribution in [0.2, 0.25) is 0 Å². The second-order valence-corrected chi connectivity index (χ2v) is 6.48. The quantitative estimate of drug-likeness (QED) is 0.812. The molecule has 3 N–H and O–H groups in total. The molecule has 0 aromatic heterocycles. The van der Waals surface area contributed by atoms with E-state index in [0.717, 1.165) is 18.4 Å². The standard InChI is InChI=1S/C20H23N3O2.ClH/c1-14-4-2-3-5-18(14)19(24)22-17-10-12-23(13-11-17)20(25)15-6-8-16(21)9-7-15;/h2-9,17H,10-13,21H2,1H3,(H,22,24);1H. The molecule has 5 nitrogen and oxygen atoms in total. The van der Waals surface area contributed by atoms with Gasteiger partial charge in [0.15, 0.2) is 0 Å². The number of halogens is 1. The Morgan fingerprint density at radius 1 is 1.04 bits per heavy atom. The third kappa shape index (κ3) is 4.55. The molecule has 0 radical (unpaired) electrons. The number of carbonyl (C=O) groups is 2. The fourth-order valence-corrected chi connectivity index (χ4v) is 3.13. The van der Waals surface area contributed by atoms with Crippen molar-refractivity contribution in [1.82, 2.24) is 10.2 Å². The highest BCUT2D eigenvalue weighted by Crippen LogP contribution is 2.16. The second-order valence-electron chi connectivity index (χ2n) is 6.48. The largest absolute Gasteiger partial charge is 0.399 e. The summed E-state index contributed by atoms with van der Waals surface area (Å²) in [5.41, 5.74) is 8.64. The molecule has 0 unspecified atom stereocenters. The number of benzene rings is 2. The number of nitrogens with two attached hydrogens (primary N) is 1. The lowest BCUT2D eigenvalue weighted by Crippen LogP contribution is -2.46. The molecular formula is C20H24ClN3O2. The van der Waals surface area contributed by atoms with Crippen LogP contribution in [0, 0.1) is 6.92 Å². The number of nitrogens with zero attached hydrogens (tertiary/aromatic N) is 1. The minimum atomic E-state index is -0.0404. The highest BCUT2D eigenvalue weighted by molar-refractivity contribution is 5.96. The monoisotopic (exact) mass is 373 g/mol. The number of piperidine rings is 1. The number of carbonyl (C=O) groups excluding carboxylic acids is 2. The van der Waals surface area contributed by atoms with E-state index in [0.29, 0.717) is 29.9 Å². The fourth-order valence-electron chi connectivity index (χ4n) is 3.13. The Labute approximate surface area is 160 Å². The lowest BCUT2D eigenvalue weighted by atomic mass is 10.0. The zero-order valence-electron chi connectivity index (χ0n) is 14.8. The van der Waals surface area contributed by atoms with Crippen LogP contribution in [0.1, 0.15) is 39.1 Å². The first-order valence-electron chi connectivity index (χ1n) is 8.56. The van der Waals surface area contributed by atoms with Gasteiger partial charge in [-0.1, -0.05) is 18.2 Å². The van der Waals surface area contributed by atoms with Crippen LogP contribution in [0.4, 0.5) is 5.69 Å². The third-order valence-corrected chi connectivity index (χ3v) is 4.66. The number of nitrogens with one attached hydrogen (secondary N) is 1. The number of likely N-dealkylation sites (tertiary alicyclic amines) is 1. The average Bonchev–Trinajstić information content (AvgIpc) is 2.63.